The summed E-state index contributed by atoms with van der Waals surface area (Å²) in [5.74, 6) is 0.886. The monoisotopic (exact) mass is 351 g/mol. The largest absolute Gasteiger partial charge is 0.328 e. The van der Waals surface area contributed by atoms with Gasteiger partial charge in [-0.15, -0.1) is 10.2 Å². The third kappa shape index (κ3) is 3.54. The van der Waals surface area contributed by atoms with Crippen molar-refractivity contribution in [3.63, 3.8) is 0 Å². The van der Waals surface area contributed by atoms with Crippen LogP contribution < -0.4 is 10.6 Å². The van der Waals surface area contributed by atoms with Crippen molar-refractivity contribution in [3.05, 3.63) is 59.0 Å². The van der Waals surface area contributed by atoms with Gasteiger partial charge in [0.1, 0.15) is 0 Å². The van der Waals surface area contributed by atoms with Crippen LogP contribution in [0.2, 0.25) is 0 Å². The molecule has 0 saturated heterocycles. The number of aromatic nitrogens is 3. The number of carbonyl (C=O) groups is 1. The molecule has 0 spiro atoms. The quantitative estimate of drug-likeness (QED) is 0.741. The van der Waals surface area contributed by atoms with E-state index >= 15 is 0 Å². The van der Waals surface area contributed by atoms with Crippen molar-refractivity contribution in [2.24, 2.45) is 5.92 Å². The number of hydrogen-bond donors (Lipinski definition) is 2. The Morgan fingerprint density at radius 3 is 2.42 bits per heavy atom. The van der Waals surface area contributed by atoms with Gasteiger partial charge in [0.15, 0.2) is 11.5 Å². The van der Waals surface area contributed by atoms with E-state index in [-0.39, 0.29) is 18.0 Å². The van der Waals surface area contributed by atoms with Gasteiger partial charge in [-0.2, -0.15) is 0 Å². The van der Waals surface area contributed by atoms with Crippen LogP contribution in [0.5, 0.6) is 0 Å². The lowest BCUT2D eigenvalue weighted by molar-refractivity contribution is 0.243. The van der Waals surface area contributed by atoms with Gasteiger partial charge in [0.2, 0.25) is 0 Å². The molecule has 1 aromatic carbocycles. The summed E-state index contributed by atoms with van der Waals surface area (Å²) in [6.07, 6.45) is 1.91. The fourth-order valence-corrected chi connectivity index (χ4v) is 3.27. The van der Waals surface area contributed by atoms with E-state index in [0.29, 0.717) is 0 Å². The molecule has 0 unspecified atom stereocenters. The molecule has 6 nitrogen and oxygen atoms in total. The van der Waals surface area contributed by atoms with Gasteiger partial charge in [0.05, 0.1) is 6.04 Å². The summed E-state index contributed by atoms with van der Waals surface area (Å²) in [6.45, 7) is 10.2. The van der Waals surface area contributed by atoms with Gasteiger partial charge in [-0.1, -0.05) is 37.6 Å². The van der Waals surface area contributed by atoms with E-state index in [1.54, 1.807) is 0 Å². The summed E-state index contributed by atoms with van der Waals surface area (Å²) >= 11 is 0. The number of nitrogens with one attached hydrogen (secondary N) is 2. The number of anilines is 1. The number of carbonyl (C=O) groups excluding carboxylic acids is 1. The highest BCUT2D eigenvalue weighted by Gasteiger charge is 2.24. The third-order valence-corrected chi connectivity index (χ3v) is 4.49. The van der Waals surface area contributed by atoms with E-state index in [9.17, 15) is 4.79 Å². The first kappa shape index (κ1) is 17.9. The Labute approximate surface area is 153 Å². The highest BCUT2D eigenvalue weighted by molar-refractivity contribution is 5.91. The second-order valence-corrected chi connectivity index (χ2v) is 7.08. The highest BCUT2D eigenvalue weighted by atomic mass is 16.2. The second kappa shape index (κ2) is 7.15. The van der Waals surface area contributed by atoms with Gasteiger partial charge in [-0.05, 0) is 49.9 Å². The zero-order chi connectivity index (χ0) is 18.8. The Kier molecular flexibility index (Phi) is 4.93. The van der Waals surface area contributed by atoms with Crippen LogP contribution in [0.15, 0.2) is 36.5 Å². The lowest BCUT2D eigenvalue weighted by atomic mass is 10.0. The van der Waals surface area contributed by atoms with Gasteiger partial charge in [-0.3, -0.25) is 4.40 Å². The normalized spacial score (nSPS) is 12.4. The Balaban J connectivity index is 1.84. The lowest BCUT2D eigenvalue weighted by Gasteiger charge is -2.22. The fourth-order valence-electron chi connectivity index (χ4n) is 3.27. The molecule has 3 aromatic rings. The molecule has 0 saturated carbocycles. The van der Waals surface area contributed by atoms with Crippen molar-refractivity contribution in [1.82, 2.24) is 19.9 Å². The van der Waals surface area contributed by atoms with E-state index in [1.165, 1.54) is 5.56 Å². The second-order valence-electron chi connectivity index (χ2n) is 7.08. The number of amides is 2. The van der Waals surface area contributed by atoms with Crippen molar-refractivity contribution >= 4 is 17.4 Å². The lowest BCUT2D eigenvalue weighted by Crippen LogP contribution is -2.36. The van der Waals surface area contributed by atoms with Crippen LogP contribution in [0.25, 0.3) is 5.65 Å². The number of hydrogen-bond acceptors (Lipinski definition) is 3. The molecule has 2 heterocycles. The van der Waals surface area contributed by atoms with Crippen molar-refractivity contribution < 1.29 is 4.79 Å². The molecule has 2 N–H and O–H groups in total. The molecule has 0 aliphatic carbocycles. The van der Waals surface area contributed by atoms with Crippen LogP contribution in [-0.2, 0) is 0 Å². The van der Waals surface area contributed by atoms with Crippen molar-refractivity contribution in [3.8, 4) is 0 Å². The molecule has 2 aromatic heterocycles. The van der Waals surface area contributed by atoms with Gasteiger partial charge in [0.25, 0.3) is 0 Å². The topological polar surface area (TPSA) is 71.3 Å². The van der Waals surface area contributed by atoms with Crippen LogP contribution >= 0.6 is 0 Å². The summed E-state index contributed by atoms with van der Waals surface area (Å²) in [5, 5.41) is 14.5. The maximum atomic E-state index is 12.7. The molecular formula is C20H25N5O. The number of nitrogens with zero attached hydrogens (tertiary/aromatic N) is 3. The van der Waals surface area contributed by atoms with Crippen LogP contribution in [0, 0.1) is 26.7 Å². The zero-order valence-corrected chi connectivity index (χ0v) is 15.9. The minimum Gasteiger partial charge on any atom is -0.328 e. The molecule has 0 aliphatic rings. The van der Waals surface area contributed by atoms with Crippen molar-refractivity contribution in [1.29, 1.82) is 0 Å². The van der Waals surface area contributed by atoms with Crippen LogP contribution in [0.1, 0.15) is 42.4 Å². The number of pyridine rings is 1. The molecule has 26 heavy (non-hydrogen) atoms. The maximum absolute atomic E-state index is 12.7. The van der Waals surface area contributed by atoms with Crippen LogP contribution in [-0.4, -0.2) is 20.6 Å². The van der Waals surface area contributed by atoms with Gasteiger partial charge >= 0.3 is 6.03 Å². The highest BCUT2D eigenvalue weighted by Crippen LogP contribution is 2.24. The predicted molar refractivity (Wildman–Crippen MR) is 103 cm³/mol. The summed E-state index contributed by atoms with van der Waals surface area (Å²) in [7, 11) is 0. The van der Waals surface area contributed by atoms with Gasteiger partial charge in [0, 0.05) is 11.9 Å². The summed E-state index contributed by atoms with van der Waals surface area (Å²) in [5.41, 5.74) is 4.89. The smallest absolute Gasteiger partial charge is 0.319 e. The Morgan fingerprint density at radius 2 is 1.77 bits per heavy atom. The van der Waals surface area contributed by atoms with Crippen LogP contribution in [0.4, 0.5) is 10.5 Å². The van der Waals surface area contributed by atoms with E-state index in [0.717, 1.165) is 28.3 Å². The molecule has 6 heteroatoms. The minimum atomic E-state index is -0.251. The SMILES string of the molecule is Cc1cc(C)c(NC(=O)N[C@H](c2nnc3ccccn23)C(C)C)c(C)c1. The van der Waals surface area contributed by atoms with Crippen LogP contribution in [0.3, 0.4) is 0 Å². The Hall–Kier alpha value is -2.89. The number of benzene rings is 1. The third-order valence-electron chi connectivity index (χ3n) is 4.49. The Morgan fingerprint density at radius 1 is 1.08 bits per heavy atom. The number of rotatable bonds is 4. The minimum absolute atomic E-state index is 0.161. The molecule has 136 valence electrons. The summed E-state index contributed by atoms with van der Waals surface area (Å²) < 4.78 is 1.91. The maximum Gasteiger partial charge on any atom is 0.319 e. The predicted octanol–water partition coefficient (Wildman–Crippen LogP) is 4.17. The van der Waals surface area contributed by atoms with E-state index in [1.807, 2.05) is 42.6 Å². The van der Waals surface area contributed by atoms with E-state index in [4.69, 9.17) is 0 Å². The molecule has 0 aliphatic heterocycles. The average Bonchev–Trinajstić information content (AvgIpc) is 2.99. The molecular weight excluding hydrogens is 326 g/mol. The molecule has 2 amide bonds. The van der Waals surface area contributed by atoms with E-state index < -0.39 is 0 Å². The molecule has 0 fully saturated rings. The van der Waals surface area contributed by atoms with Crippen molar-refractivity contribution in [2.45, 2.75) is 40.7 Å². The van der Waals surface area contributed by atoms with Gasteiger partial charge < -0.3 is 10.6 Å². The van der Waals surface area contributed by atoms with E-state index in [2.05, 4.69) is 53.7 Å². The van der Waals surface area contributed by atoms with Crippen molar-refractivity contribution in [2.75, 3.05) is 5.32 Å². The zero-order valence-electron chi connectivity index (χ0n) is 15.9. The number of aryl methyl sites for hydroxylation is 3. The Bertz CT molecular complexity index is 921. The first-order valence-corrected chi connectivity index (χ1v) is 8.82. The first-order valence-electron chi connectivity index (χ1n) is 8.82. The number of urea groups is 1. The first-order chi connectivity index (χ1) is 12.4. The molecule has 0 radical (unpaired) electrons. The standard InChI is InChI=1S/C20H25N5O/c1-12(2)17(19-24-23-16-8-6-7-9-25(16)19)21-20(26)22-18-14(4)10-13(3)11-15(18)5/h6-12,17H,1-5H3,(H2,21,22,26)/t17-/m0/s1. The van der Waals surface area contributed by atoms with Gasteiger partial charge in [-0.25, -0.2) is 4.79 Å². The summed E-state index contributed by atoms with van der Waals surface area (Å²) in [6, 6.07) is 9.37. The fraction of sp³-hybridized carbons (Fsp3) is 0.350. The molecule has 1 atom stereocenters. The number of fused-ring (bicyclic) bond motifs is 1. The average molecular weight is 351 g/mol. The molecule has 0 bridgehead atoms. The molecule has 3 rings (SSSR count). The summed E-state index contributed by atoms with van der Waals surface area (Å²) in [4.78, 5) is 12.7.